The minimum Gasteiger partial charge on any atom is -0.310 e. The fraction of sp³-hybridized carbons (Fsp3) is 0.571. The molecule has 0 saturated carbocycles. The Hall–Kier alpha value is -0.890. The zero-order valence-corrected chi connectivity index (χ0v) is 10.5. The Morgan fingerprint density at radius 3 is 2.25 bits per heavy atom. The minimum absolute atomic E-state index is 0.170. The molecule has 0 fully saturated rings. The highest BCUT2D eigenvalue weighted by Crippen LogP contribution is 2.08. The van der Waals surface area contributed by atoms with Crippen LogP contribution in [0.25, 0.3) is 0 Å². The van der Waals surface area contributed by atoms with Gasteiger partial charge in [0.05, 0.1) is 0 Å². The van der Waals surface area contributed by atoms with E-state index < -0.39 is 0 Å². The van der Waals surface area contributed by atoms with Crippen molar-refractivity contribution in [1.82, 2.24) is 5.32 Å². The summed E-state index contributed by atoms with van der Waals surface area (Å²) in [6.07, 6.45) is 2.44. The van der Waals surface area contributed by atoms with Crippen LogP contribution in [0.1, 0.15) is 39.2 Å². The molecular weight excluding hydrogens is 201 g/mol. The lowest BCUT2D eigenvalue weighted by Crippen LogP contribution is -2.25. The lowest BCUT2D eigenvalue weighted by atomic mass is 10.0. The van der Waals surface area contributed by atoms with E-state index in [4.69, 9.17) is 0 Å². The van der Waals surface area contributed by atoms with E-state index in [2.05, 4.69) is 26.1 Å². The summed E-state index contributed by atoms with van der Waals surface area (Å²) in [5.41, 5.74) is 1.14. The fourth-order valence-electron chi connectivity index (χ4n) is 1.58. The van der Waals surface area contributed by atoms with Crippen LogP contribution in [0.5, 0.6) is 0 Å². The van der Waals surface area contributed by atoms with Crippen LogP contribution in [0.4, 0.5) is 4.39 Å². The van der Waals surface area contributed by atoms with E-state index in [0.717, 1.165) is 18.0 Å². The molecule has 1 unspecified atom stereocenters. The van der Waals surface area contributed by atoms with Crippen molar-refractivity contribution in [2.24, 2.45) is 5.92 Å². The summed E-state index contributed by atoms with van der Waals surface area (Å²) in [5, 5.41) is 3.45. The second-order valence-corrected chi connectivity index (χ2v) is 4.88. The highest BCUT2D eigenvalue weighted by Gasteiger charge is 2.03. The number of hydrogen-bond acceptors (Lipinski definition) is 1. The Bertz CT molecular complexity index is 292. The Balaban J connectivity index is 2.26. The van der Waals surface area contributed by atoms with Crippen molar-refractivity contribution in [3.8, 4) is 0 Å². The molecule has 0 spiro atoms. The Morgan fingerprint density at radius 2 is 1.69 bits per heavy atom. The first kappa shape index (κ1) is 13.2. The topological polar surface area (TPSA) is 12.0 Å². The number of hydrogen-bond donors (Lipinski definition) is 1. The van der Waals surface area contributed by atoms with Crippen LogP contribution in [0.15, 0.2) is 24.3 Å². The normalized spacial score (nSPS) is 13.1. The van der Waals surface area contributed by atoms with E-state index >= 15 is 0 Å². The molecule has 0 amide bonds. The second-order valence-electron chi connectivity index (χ2n) is 4.88. The summed E-state index contributed by atoms with van der Waals surface area (Å²) in [7, 11) is 0. The van der Waals surface area contributed by atoms with E-state index in [1.165, 1.54) is 25.0 Å². The molecular formula is C14H22FN. The van der Waals surface area contributed by atoms with Gasteiger partial charge in [0, 0.05) is 12.6 Å². The molecule has 1 nitrogen and oxygen atoms in total. The first-order chi connectivity index (χ1) is 7.58. The van der Waals surface area contributed by atoms with Crippen molar-refractivity contribution in [2.75, 3.05) is 0 Å². The molecule has 0 aliphatic carbocycles. The van der Waals surface area contributed by atoms with Crippen LogP contribution in [-0.2, 0) is 6.54 Å². The molecule has 1 N–H and O–H groups in total. The monoisotopic (exact) mass is 223 g/mol. The van der Waals surface area contributed by atoms with Gasteiger partial charge in [-0.2, -0.15) is 0 Å². The van der Waals surface area contributed by atoms with Gasteiger partial charge < -0.3 is 5.32 Å². The maximum atomic E-state index is 12.7. The third-order valence-electron chi connectivity index (χ3n) is 2.74. The lowest BCUT2D eigenvalue weighted by molar-refractivity contribution is 0.450. The zero-order chi connectivity index (χ0) is 12.0. The van der Waals surface area contributed by atoms with Crippen LogP contribution in [0.2, 0.25) is 0 Å². The molecule has 90 valence electrons. The Morgan fingerprint density at radius 1 is 1.06 bits per heavy atom. The Kier molecular flexibility index (Phi) is 5.47. The summed E-state index contributed by atoms with van der Waals surface area (Å²) in [4.78, 5) is 0. The second kappa shape index (κ2) is 6.64. The highest BCUT2D eigenvalue weighted by atomic mass is 19.1. The Labute approximate surface area is 98.1 Å². The fourth-order valence-corrected chi connectivity index (χ4v) is 1.58. The van der Waals surface area contributed by atoms with E-state index in [1.807, 2.05) is 12.1 Å². The molecule has 0 aliphatic heterocycles. The third kappa shape index (κ3) is 5.26. The molecule has 0 aliphatic rings. The largest absolute Gasteiger partial charge is 0.310 e. The van der Waals surface area contributed by atoms with Crippen molar-refractivity contribution in [3.63, 3.8) is 0 Å². The average Bonchev–Trinajstić information content (AvgIpc) is 2.25. The van der Waals surface area contributed by atoms with Crippen molar-refractivity contribution >= 4 is 0 Å². The molecule has 1 aromatic carbocycles. The molecule has 1 aromatic rings. The average molecular weight is 223 g/mol. The van der Waals surface area contributed by atoms with E-state index in [-0.39, 0.29) is 5.82 Å². The number of nitrogens with one attached hydrogen (secondary N) is 1. The van der Waals surface area contributed by atoms with Gasteiger partial charge in [0.2, 0.25) is 0 Å². The highest BCUT2D eigenvalue weighted by molar-refractivity contribution is 5.15. The number of benzene rings is 1. The van der Waals surface area contributed by atoms with Gasteiger partial charge in [-0.15, -0.1) is 0 Å². The summed E-state index contributed by atoms with van der Waals surface area (Å²) < 4.78 is 12.7. The molecule has 2 heteroatoms. The SMILES string of the molecule is CC(C)CCC(C)NCc1ccc(F)cc1. The predicted octanol–water partition coefficient (Wildman–Crippen LogP) is 3.74. The quantitative estimate of drug-likeness (QED) is 0.774. The van der Waals surface area contributed by atoms with Crippen LogP contribution < -0.4 is 5.32 Å². The van der Waals surface area contributed by atoms with Crippen molar-refractivity contribution in [1.29, 1.82) is 0 Å². The predicted molar refractivity (Wildman–Crippen MR) is 66.8 cm³/mol. The van der Waals surface area contributed by atoms with Crippen LogP contribution >= 0.6 is 0 Å². The molecule has 1 atom stereocenters. The molecule has 0 aromatic heterocycles. The molecule has 16 heavy (non-hydrogen) atoms. The van der Waals surface area contributed by atoms with Crippen molar-refractivity contribution in [2.45, 2.75) is 46.2 Å². The molecule has 1 rings (SSSR count). The first-order valence-electron chi connectivity index (χ1n) is 6.05. The zero-order valence-electron chi connectivity index (χ0n) is 10.5. The van der Waals surface area contributed by atoms with Gasteiger partial charge in [0.1, 0.15) is 5.82 Å². The lowest BCUT2D eigenvalue weighted by Gasteiger charge is -2.15. The van der Waals surface area contributed by atoms with Crippen LogP contribution in [0, 0.1) is 11.7 Å². The van der Waals surface area contributed by atoms with Gasteiger partial charge in [-0.1, -0.05) is 26.0 Å². The summed E-state index contributed by atoms with van der Waals surface area (Å²) in [6.45, 7) is 7.50. The summed E-state index contributed by atoms with van der Waals surface area (Å²) >= 11 is 0. The number of rotatable bonds is 6. The standard InChI is InChI=1S/C14H22FN/c1-11(2)4-5-12(3)16-10-13-6-8-14(15)9-7-13/h6-9,11-12,16H,4-5,10H2,1-3H3. The van der Waals surface area contributed by atoms with Gasteiger partial charge in [0.25, 0.3) is 0 Å². The van der Waals surface area contributed by atoms with E-state index in [0.29, 0.717) is 6.04 Å². The van der Waals surface area contributed by atoms with Crippen LogP contribution in [-0.4, -0.2) is 6.04 Å². The van der Waals surface area contributed by atoms with Crippen LogP contribution in [0.3, 0.4) is 0 Å². The smallest absolute Gasteiger partial charge is 0.123 e. The van der Waals surface area contributed by atoms with Gasteiger partial charge in [0.15, 0.2) is 0 Å². The summed E-state index contributed by atoms with van der Waals surface area (Å²) in [6, 6.07) is 7.20. The minimum atomic E-state index is -0.170. The van der Waals surface area contributed by atoms with Crippen molar-refractivity contribution < 1.29 is 4.39 Å². The third-order valence-corrected chi connectivity index (χ3v) is 2.74. The molecule has 0 radical (unpaired) electrons. The van der Waals surface area contributed by atoms with Crippen molar-refractivity contribution in [3.05, 3.63) is 35.6 Å². The molecule has 0 saturated heterocycles. The van der Waals surface area contributed by atoms with Gasteiger partial charge in [-0.05, 0) is 43.4 Å². The maximum Gasteiger partial charge on any atom is 0.123 e. The molecule has 0 heterocycles. The van der Waals surface area contributed by atoms with Gasteiger partial charge >= 0.3 is 0 Å². The number of halogens is 1. The maximum absolute atomic E-state index is 12.7. The molecule has 0 bridgehead atoms. The van der Waals surface area contributed by atoms with E-state index in [1.54, 1.807) is 0 Å². The van der Waals surface area contributed by atoms with Gasteiger partial charge in [-0.3, -0.25) is 0 Å². The van der Waals surface area contributed by atoms with E-state index in [9.17, 15) is 4.39 Å². The summed E-state index contributed by atoms with van der Waals surface area (Å²) in [5.74, 6) is 0.590. The first-order valence-corrected chi connectivity index (χ1v) is 6.05. The van der Waals surface area contributed by atoms with Gasteiger partial charge in [-0.25, -0.2) is 4.39 Å².